The molecule has 0 saturated heterocycles. The molecule has 15 heavy (non-hydrogen) atoms. The summed E-state index contributed by atoms with van der Waals surface area (Å²) in [4.78, 5) is 13.9. The van der Waals surface area contributed by atoms with Crippen LogP contribution in [0.3, 0.4) is 0 Å². The number of nitrogens with one attached hydrogen (secondary N) is 1. The average Bonchev–Trinajstić information content (AvgIpc) is 2.55. The van der Waals surface area contributed by atoms with Gasteiger partial charge in [-0.3, -0.25) is 0 Å². The van der Waals surface area contributed by atoms with E-state index in [1.165, 1.54) is 0 Å². The molecular weight excluding hydrogens is 214 g/mol. The minimum absolute atomic E-state index is 0.256. The molecule has 0 radical (unpaired) electrons. The van der Waals surface area contributed by atoms with Gasteiger partial charge in [-0.2, -0.15) is 0 Å². The number of rotatable bonds is 2. The van der Waals surface area contributed by atoms with Crippen LogP contribution in [-0.4, -0.2) is 16.1 Å². The highest BCUT2D eigenvalue weighted by atomic mass is 35.5. The van der Waals surface area contributed by atoms with Gasteiger partial charge in [0.05, 0.1) is 10.6 Å². The van der Waals surface area contributed by atoms with Gasteiger partial charge in [0.2, 0.25) is 0 Å². The molecule has 1 heterocycles. The maximum absolute atomic E-state index is 10.8. The zero-order valence-electron chi connectivity index (χ0n) is 8.17. The smallest absolute Gasteiger partial charge is 0.335 e. The van der Waals surface area contributed by atoms with E-state index in [2.05, 4.69) is 4.98 Å². The second-order valence-corrected chi connectivity index (χ2v) is 3.71. The normalized spacial score (nSPS) is 10.8. The first-order chi connectivity index (χ1) is 7.13. The lowest BCUT2D eigenvalue weighted by Crippen LogP contribution is -1.94. The molecular formula is C11H10ClNO2. The minimum atomic E-state index is -0.938. The zero-order valence-corrected chi connectivity index (χ0v) is 8.93. The van der Waals surface area contributed by atoms with E-state index in [-0.39, 0.29) is 5.56 Å². The number of H-pyrrole nitrogens is 1. The SMILES string of the molecule is CCc1[nH]c2ccc(C(=O)O)cc2c1Cl. The molecule has 2 rings (SSSR count). The van der Waals surface area contributed by atoms with Crippen molar-refractivity contribution >= 4 is 28.5 Å². The van der Waals surface area contributed by atoms with Gasteiger partial charge in [0, 0.05) is 16.6 Å². The lowest BCUT2D eigenvalue weighted by atomic mass is 10.1. The van der Waals surface area contributed by atoms with Crippen LogP contribution in [0, 0.1) is 0 Å². The number of halogens is 1. The third-order valence-electron chi connectivity index (χ3n) is 2.41. The number of carboxylic acid groups (broad SMARTS) is 1. The zero-order chi connectivity index (χ0) is 11.0. The number of aromatic amines is 1. The van der Waals surface area contributed by atoms with Crippen molar-refractivity contribution in [1.82, 2.24) is 4.98 Å². The van der Waals surface area contributed by atoms with Crippen LogP contribution in [0.2, 0.25) is 5.02 Å². The Morgan fingerprint density at radius 1 is 1.53 bits per heavy atom. The van der Waals surface area contributed by atoms with Crippen LogP contribution < -0.4 is 0 Å². The van der Waals surface area contributed by atoms with E-state index in [4.69, 9.17) is 16.7 Å². The van der Waals surface area contributed by atoms with Crippen molar-refractivity contribution in [2.75, 3.05) is 0 Å². The van der Waals surface area contributed by atoms with Crippen LogP contribution in [0.5, 0.6) is 0 Å². The Balaban J connectivity index is 2.70. The quantitative estimate of drug-likeness (QED) is 0.822. The molecule has 0 aliphatic carbocycles. The average molecular weight is 224 g/mol. The predicted octanol–water partition coefficient (Wildman–Crippen LogP) is 3.08. The number of hydrogen-bond acceptors (Lipinski definition) is 1. The largest absolute Gasteiger partial charge is 0.478 e. The molecule has 1 aromatic heterocycles. The van der Waals surface area contributed by atoms with Crippen LogP contribution in [0.25, 0.3) is 10.9 Å². The first-order valence-corrected chi connectivity index (χ1v) is 5.04. The molecule has 0 atom stereocenters. The summed E-state index contributed by atoms with van der Waals surface area (Å²) in [6, 6.07) is 4.90. The number of carbonyl (C=O) groups is 1. The van der Waals surface area contributed by atoms with E-state index in [9.17, 15) is 4.79 Å². The van der Waals surface area contributed by atoms with Crippen molar-refractivity contribution in [1.29, 1.82) is 0 Å². The Hall–Kier alpha value is -1.48. The van der Waals surface area contributed by atoms with Crippen molar-refractivity contribution in [3.8, 4) is 0 Å². The van der Waals surface area contributed by atoms with Gasteiger partial charge < -0.3 is 10.1 Å². The summed E-state index contributed by atoms with van der Waals surface area (Å²) < 4.78 is 0. The second-order valence-electron chi connectivity index (χ2n) is 3.34. The van der Waals surface area contributed by atoms with Crippen LogP contribution >= 0.6 is 11.6 Å². The highest BCUT2D eigenvalue weighted by Gasteiger charge is 2.10. The fourth-order valence-electron chi connectivity index (χ4n) is 1.59. The summed E-state index contributed by atoms with van der Waals surface area (Å²) in [5.74, 6) is -0.938. The molecule has 0 spiro atoms. The van der Waals surface area contributed by atoms with Crippen molar-refractivity contribution in [3.63, 3.8) is 0 Å². The van der Waals surface area contributed by atoms with Gasteiger partial charge in [0.25, 0.3) is 0 Å². The molecule has 2 aromatic rings. The first kappa shape index (κ1) is 10.1. The Morgan fingerprint density at radius 3 is 2.87 bits per heavy atom. The first-order valence-electron chi connectivity index (χ1n) is 4.67. The van der Waals surface area contributed by atoms with Gasteiger partial charge in [-0.25, -0.2) is 4.79 Å². The molecule has 2 N–H and O–H groups in total. The van der Waals surface area contributed by atoms with Gasteiger partial charge in [0.1, 0.15) is 0 Å². The Kier molecular flexibility index (Phi) is 2.40. The summed E-state index contributed by atoms with van der Waals surface area (Å²) in [5, 5.41) is 10.2. The third kappa shape index (κ3) is 1.59. The van der Waals surface area contributed by atoms with Crippen LogP contribution in [-0.2, 0) is 6.42 Å². The van der Waals surface area contributed by atoms with Gasteiger partial charge in [-0.1, -0.05) is 18.5 Å². The van der Waals surface area contributed by atoms with Crippen LogP contribution in [0.1, 0.15) is 23.0 Å². The fraction of sp³-hybridized carbons (Fsp3) is 0.182. The van der Waals surface area contributed by atoms with E-state index in [1.54, 1.807) is 18.2 Å². The third-order valence-corrected chi connectivity index (χ3v) is 2.84. The van der Waals surface area contributed by atoms with E-state index in [0.717, 1.165) is 23.0 Å². The minimum Gasteiger partial charge on any atom is -0.478 e. The summed E-state index contributed by atoms with van der Waals surface area (Å²) >= 11 is 6.11. The van der Waals surface area contributed by atoms with E-state index in [1.807, 2.05) is 6.92 Å². The van der Waals surface area contributed by atoms with Crippen molar-refractivity contribution in [2.24, 2.45) is 0 Å². The Bertz CT molecular complexity index is 531. The predicted molar refractivity (Wildman–Crippen MR) is 59.6 cm³/mol. The van der Waals surface area contributed by atoms with Crippen molar-refractivity contribution in [3.05, 3.63) is 34.5 Å². The molecule has 78 valence electrons. The number of hydrogen-bond donors (Lipinski definition) is 2. The molecule has 0 aliphatic heterocycles. The molecule has 0 saturated carbocycles. The monoisotopic (exact) mass is 223 g/mol. The standard InChI is InChI=1S/C11H10ClNO2/c1-2-8-10(12)7-5-6(11(14)15)3-4-9(7)13-8/h3-5,13H,2H2,1H3,(H,14,15). The van der Waals surface area contributed by atoms with Crippen LogP contribution in [0.15, 0.2) is 18.2 Å². The number of aryl methyl sites for hydroxylation is 1. The maximum Gasteiger partial charge on any atom is 0.335 e. The number of aromatic carboxylic acids is 1. The summed E-state index contributed by atoms with van der Waals surface area (Å²) in [6.45, 7) is 1.99. The second kappa shape index (κ2) is 3.59. The number of fused-ring (bicyclic) bond motifs is 1. The maximum atomic E-state index is 10.8. The summed E-state index contributed by atoms with van der Waals surface area (Å²) in [6.07, 6.45) is 0.802. The Labute approximate surface area is 91.7 Å². The van der Waals surface area contributed by atoms with Gasteiger partial charge in [-0.05, 0) is 24.6 Å². The molecule has 3 nitrogen and oxygen atoms in total. The number of carboxylic acids is 1. The number of aromatic nitrogens is 1. The highest BCUT2D eigenvalue weighted by molar-refractivity contribution is 6.36. The number of benzene rings is 1. The van der Waals surface area contributed by atoms with Gasteiger partial charge >= 0.3 is 5.97 Å². The molecule has 0 fully saturated rings. The lowest BCUT2D eigenvalue weighted by molar-refractivity contribution is 0.0697. The summed E-state index contributed by atoms with van der Waals surface area (Å²) in [7, 11) is 0. The Morgan fingerprint density at radius 2 is 2.27 bits per heavy atom. The summed E-state index contributed by atoms with van der Waals surface area (Å²) in [5.41, 5.74) is 2.07. The van der Waals surface area contributed by atoms with Gasteiger partial charge in [-0.15, -0.1) is 0 Å². The molecule has 0 aliphatic rings. The fourth-order valence-corrected chi connectivity index (χ4v) is 1.93. The molecule has 0 bridgehead atoms. The lowest BCUT2D eigenvalue weighted by Gasteiger charge is -1.94. The molecule has 4 heteroatoms. The van der Waals surface area contributed by atoms with E-state index < -0.39 is 5.97 Å². The highest BCUT2D eigenvalue weighted by Crippen LogP contribution is 2.28. The van der Waals surface area contributed by atoms with Crippen molar-refractivity contribution < 1.29 is 9.90 Å². The van der Waals surface area contributed by atoms with Crippen molar-refractivity contribution in [2.45, 2.75) is 13.3 Å². The molecule has 0 amide bonds. The molecule has 1 aromatic carbocycles. The topological polar surface area (TPSA) is 53.1 Å². The van der Waals surface area contributed by atoms with Gasteiger partial charge in [0.15, 0.2) is 0 Å². The van der Waals surface area contributed by atoms with E-state index >= 15 is 0 Å². The molecule has 0 unspecified atom stereocenters. The van der Waals surface area contributed by atoms with Crippen LogP contribution in [0.4, 0.5) is 0 Å². The van der Waals surface area contributed by atoms with E-state index in [0.29, 0.717) is 5.02 Å².